The van der Waals surface area contributed by atoms with E-state index in [0.29, 0.717) is 9.65 Å². The summed E-state index contributed by atoms with van der Waals surface area (Å²) in [5, 5.41) is 0. The van der Waals surface area contributed by atoms with E-state index in [1.54, 1.807) is 0 Å². The van der Waals surface area contributed by atoms with Gasteiger partial charge in [-0.15, -0.1) is 0 Å². The van der Waals surface area contributed by atoms with Gasteiger partial charge in [-0.1, -0.05) is 56.2 Å². The van der Waals surface area contributed by atoms with Gasteiger partial charge in [-0.25, -0.2) is 0 Å². The van der Waals surface area contributed by atoms with E-state index < -0.39 is 0 Å². The second-order valence-corrected chi connectivity index (χ2v) is 6.06. The molecule has 0 amide bonds. The lowest BCUT2D eigenvalue weighted by atomic mass is 10.1. The first-order valence-corrected chi connectivity index (χ1v) is 7.22. The fourth-order valence-electron chi connectivity index (χ4n) is 1.54. The number of alkyl halides is 2. The maximum absolute atomic E-state index is 3.74. The van der Waals surface area contributed by atoms with Crippen molar-refractivity contribution < 1.29 is 0 Å². The van der Waals surface area contributed by atoms with Gasteiger partial charge in [-0.2, -0.15) is 0 Å². The molecular weight excluding hydrogens is 304 g/mol. The summed E-state index contributed by atoms with van der Waals surface area (Å²) in [7, 11) is 0. The molecular formula is C12H18Br2. The van der Waals surface area contributed by atoms with E-state index in [1.807, 2.05) is 0 Å². The summed E-state index contributed by atoms with van der Waals surface area (Å²) in [6.45, 7) is 0. The van der Waals surface area contributed by atoms with Gasteiger partial charge in [0.25, 0.3) is 0 Å². The molecule has 0 radical (unpaired) electrons. The highest BCUT2D eigenvalue weighted by molar-refractivity contribution is 9.12. The third-order valence-electron chi connectivity index (χ3n) is 2.44. The lowest BCUT2D eigenvalue weighted by Gasteiger charge is -2.15. The molecule has 0 fully saturated rings. The van der Waals surface area contributed by atoms with Gasteiger partial charge in [0.05, 0.1) is 0 Å². The molecule has 0 aromatic carbocycles. The van der Waals surface area contributed by atoms with Crippen molar-refractivity contribution in [3.8, 4) is 0 Å². The topological polar surface area (TPSA) is 0 Å². The van der Waals surface area contributed by atoms with Crippen LogP contribution < -0.4 is 0 Å². The normalized spacial score (nSPS) is 30.7. The summed E-state index contributed by atoms with van der Waals surface area (Å²) >= 11 is 7.48. The Morgan fingerprint density at radius 2 is 1.00 bits per heavy atom. The first kappa shape index (κ1) is 12.5. The van der Waals surface area contributed by atoms with Crippen LogP contribution in [0.4, 0.5) is 0 Å². The average Bonchev–Trinajstić information content (AvgIpc) is 2.18. The Labute approximate surface area is 104 Å². The van der Waals surface area contributed by atoms with Gasteiger partial charge in [0.1, 0.15) is 0 Å². The minimum absolute atomic E-state index is 0.611. The lowest BCUT2D eigenvalue weighted by molar-refractivity contribution is 0.698. The van der Waals surface area contributed by atoms with E-state index in [0.717, 1.165) is 0 Å². The van der Waals surface area contributed by atoms with Crippen molar-refractivity contribution >= 4 is 31.9 Å². The molecule has 0 saturated carbocycles. The van der Waals surface area contributed by atoms with E-state index in [2.05, 4.69) is 56.2 Å². The van der Waals surface area contributed by atoms with Gasteiger partial charge in [0.2, 0.25) is 0 Å². The highest BCUT2D eigenvalue weighted by Crippen LogP contribution is 2.24. The van der Waals surface area contributed by atoms with Gasteiger partial charge in [-0.05, 0) is 38.5 Å². The molecule has 0 aliphatic heterocycles. The van der Waals surface area contributed by atoms with Gasteiger partial charge in [0.15, 0.2) is 0 Å². The van der Waals surface area contributed by atoms with E-state index in [1.165, 1.54) is 38.5 Å². The number of allylic oxidation sites excluding steroid dienone is 4. The monoisotopic (exact) mass is 320 g/mol. The summed E-state index contributed by atoms with van der Waals surface area (Å²) in [6.07, 6.45) is 16.5. The third-order valence-corrected chi connectivity index (χ3v) is 5.35. The van der Waals surface area contributed by atoms with E-state index in [4.69, 9.17) is 0 Å². The van der Waals surface area contributed by atoms with Crippen LogP contribution in [0.5, 0.6) is 0 Å². The van der Waals surface area contributed by atoms with Crippen molar-refractivity contribution in [1.82, 2.24) is 0 Å². The highest BCUT2D eigenvalue weighted by atomic mass is 79.9. The molecule has 1 aliphatic carbocycles. The minimum atomic E-state index is 0.611. The predicted octanol–water partition coefficient (Wildman–Crippen LogP) is 4.98. The Balaban J connectivity index is 2.41. The fraction of sp³-hybridized carbons (Fsp3) is 0.667. The Bertz CT molecular complexity index is 174. The third kappa shape index (κ3) is 5.35. The molecule has 80 valence electrons. The van der Waals surface area contributed by atoms with Crippen LogP contribution in [0, 0.1) is 0 Å². The predicted molar refractivity (Wildman–Crippen MR) is 71.4 cm³/mol. The summed E-state index contributed by atoms with van der Waals surface area (Å²) in [5.74, 6) is 0. The molecule has 2 heteroatoms. The highest BCUT2D eigenvalue weighted by Gasteiger charge is 2.13. The maximum Gasteiger partial charge on any atom is 0.0274 e. The molecule has 0 nitrogen and oxygen atoms in total. The van der Waals surface area contributed by atoms with Crippen molar-refractivity contribution in [2.45, 2.75) is 48.2 Å². The molecule has 1 rings (SSSR count). The quantitative estimate of drug-likeness (QED) is 0.436. The Morgan fingerprint density at radius 1 is 0.643 bits per heavy atom. The van der Waals surface area contributed by atoms with Crippen molar-refractivity contribution in [2.24, 2.45) is 0 Å². The zero-order chi connectivity index (χ0) is 10.2. The van der Waals surface area contributed by atoms with Gasteiger partial charge >= 0.3 is 0 Å². The van der Waals surface area contributed by atoms with E-state index in [9.17, 15) is 0 Å². The van der Waals surface area contributed by atoms with Crippen LogP contribution in [0.2, 0.25) is 0 Å². The van der Waals surface area contributed by atoms with Crippen LogP contribution in [-0.4, -0.2) is 9.65 Å². The standard InChI is InChI=1S/C12H18Br2/c13-11-9-7-5-3-1-2-4-6-8-10-12(11)14/h3-6,11-12H,1-2,7-10H2. The Kier molecular flexibility index (Phi) is 6.88. The molecule has 2 atom stereocenters. The lowest BCUT2D eigenvalue weighted by Crippen LogP contribution is -2.13. The van der Waals surface area contributed by atoms with Crippen LogP contribution in [-0.2, 0) is 0 Å². The summed E-state index contributed by atoms with van der Waals surface area (Å²) in [6, 6.07) is 0. The van der Waals surface area contributed by atoms with E-state index in [-0.39, 0.29) is 0 Å². The largest absolute Gasteiger partial charge is 0.0885 e. The van der Waals surface area contributed by atoms with Crippen LogP contribution in [0.3, 0.4) is 0 Å². The van der Waals surface area contributed by atoms with Gasteiger partial charge in [0, 0.05) is 9.65 Å². The van der Waals surface area contributed by atoms with Crippen molar-refractivity contribution in [2.75, 3.05) is 0 Å². The zero-order valence-electron chi connectivity index (χ0n) is 8.46. The first-order valence-electron chi connectivity index (χ1n) is 5.39. The maximum atomic E-state index is 3.74. The molecule has 0 bridgehead atoms. The Hall–Kier alpha value is 0.440. The second-order valence-electron chi connectivity index (χ2n) is 3.71. The number of hydrogen-bond donors (Lipinski definition) is 0. The van der Waals surface area contributed by atoms with Crippen LogP contribution in [0.15, 0.2) is 24.3 Å². The second kappa shape index (κ2) is 7.70. The number of hydrogen-bond acceptors (Lipinski definition) is 0. The van der Waals surface area contributed by atoms with Crippen molar-refractivity contribution in [3.63, 3.8) is 0 Å². The minimum Gasteiger partial charge on any atom is -0.0885 e. The number of halogens is 2. The van der Waals surface area contributed by atoms with Crippen LogP contribution in [0.25, 0.3) is 0 Å². The first-order chi connectivity index (χ1) is 6.80. The molecule has 0 aromatic rings. The van der Waals surface area contributed by atoms with Crippen LogP contribution in [0.1, 0.15) is 38.5 Å². The van der Waals surface area contributed by atoms with Crippen LogP contribution >= 0.6 is 31.9 Å². The molecule has 0 N–H and O–H groups in total. The van der Waals surface area contributed by atoms with Crippen molar-refractivity contribution in [1.29, 1.82) is 0 Å². The summed E-state index contributed by atoms with van der Waals surface area (Å²) in [5.41, 5.74) is 0. The zero-order valence-corrected chi connectivity index (χ0v) is 11.6. The van der Waals surface area contributed by atoms with E-state index >= 15 is 0 Å². The van der Waals surface area contributed by atoms with Gasteiger partial charge < -0.3 is 0 Å². The molecule has 0 aromatic heterocycles. The molecule has 1 aliphatic rings. The SMILES string of the molecule is BrC1CCC=CCCC=CCCC1Br. The molecule has 14 heavy (non-hydrogen) atoms. The van der Waals surface area contributed by atoms with Gasteiger partial charge in [-0.3, -0.25) is 0 Å². The molecule has 0 saturated heterocycles. The fourth-order valence-corrected chi connectivity index (χ4v) is 2.59. The smallest absolute Gasteiger partial charge is 0.0274 e. The molecule has 2 unspecified atom stereocenters. The Morgan fingerprint density at radius 3 is 1.43 bits per heavy atom. The van der Waals surface area contributed by atoms with Crippen molar-refractivity contribution in [3.05, 3.63) is 24.3 Å². The number of rotatable bonds is 0. The average molecular weight is 322 g/mol. The molecule has 0 spiro atoms. The summed E-state index contributed by atoms with van der Waals surface area (Å²) < 4.78 is 0. The summed E-state index contributed by atoms with van der Waals surface area (Å²) in [4.78, 5) is 1.22. The molecule has 0 heterocycles.